The van der Waals surface area contributed by atoms with Crippen molar-refractivity contribution in [2.75, 3.05) is 13.1 Å². The van der Waals surface area contributed by atoms with E-state index in [-0.39, 0.29) is 5.91 Å². The SMILES string of the molecule is C=C/C=C(\C=C/CCc1ccccc1)C(=O)N(CC)CC. The van der Waals surface area contributed by atoms with Crippen molar-refractivity contribution in [1.29, 1.82) is 0 Å². The molecule has 0 saturated carbocycles. The maximum absolute atomic E-state index is 12.3. The summed E-state index contributed by atoms with van der Waals surface area (Å²) in [5, 5.41) is 0. The number of likely N-dealkylation sites (N-methyl/N-ethyl adjacent to an activating group) is 1. The molecular weight excluding hydrogens is 258 g/mol. The summed E-state index contributed by atoms with van der Waals surface area (Å²) in [6.45, 7) is 9.12. The number of carbonyl (C=O) groups excluding carboxylic acids is 1. The Morgan fingerprint density at radius 1 is 1.19 bits per heavy atom. The van der Waals surface area contributed by atoms with Gasteiger partial charge in [-0.3, -0.25) is 4.79 Å². The minimum absolute atomic E-state index is 0.0656. The van der Waals surface area contributed by atoms with Crippen molar-refractivity contribution in [1.82, 2.24) is 4.90 Å². The number of rotatable bonds is 8. The first kappa shape index (κ1) is 17.0. The van der Waals surface area contributed by atoms with Crippen LogP contribution in [0.4, 0.5) is 0 Å². The summed E-state index contributed by atoms with van der Waals surface area (Å²) >= 11 is 0. The first-order chi connectivity index (χ1) is 10.2. The van der Waals surface area contributed by atoms with Crippen molar-refractivity contribution in [2.45, 2.75) is 26.7 Å². The van der Waals surface area contributed by atoms with Crippen LogP contribution in [0, 0.1) is 0 Å². The largest absolute Gasteiger partial charge is 0.339 e. The quantitative estimate of drug-likeness (QED) is 0.518. The lowest BCUT2D eigenvalue weighted by atomic mass is 10.1. The summed E-state index contributed by atoms with van der Waals surface area (Å²) in [7, 11) is 0. The molecule has 0 spiro atoms. The first-order valence-corrected chi connectivity index (χ1v) is 7.55. The van der Waals surface area contributed by atoms with Crippen molar-refractivity contribution < 1.29 is 4.79 Å². The van der Waals surface area contributed by atoms with Crippen molar-refractivity contribution in [3.8, 4) is 0 Å². The second-order valence-corrected chi connectivity index (χ2v) is 4.76. The Hall–Kier alpha value is -2.09. The van der Waals surface area contributed by atoms with Crippen LogP contribution in [-0.4, -0.2) is 23.9 Å². The average molecular weight is 283 g/mol. The number of amides is 1. The Morgan fingerprint density at radius 3 is 2.43 bits per heavy atom. The lowest BCUT2D eigenvalue weighted by Crippen LogP contribution is -2.31. The van der Waals surface area contributed by atoms with Crippen LogP contribution in [0.5, 0.6) is 0 Å². The van der Waals surface area contributed by atoms with E-state index in [2.05, 4.69) is 24.8 Å². The Bertz CT molecular complexity index is 496. The zero-order valence-electron chi connectivity index (χ0n) is 13.1. The fourth-order valence-corrected chi connectivity index (χ4v) is 2.12. The Labute approximate surface area is 128 Å². The minimum atomic E-state index is 0.0656. The number of benzene rings is 1. The van der Waals surface area contributed by atoms with Crippen molar-refractivity contribution in [3.63, 3.8) is 0 Å². The number of nitrogens with zero attached hydrogens (tertiary/aromatic N) is 1. The lowest BCUT2D eigenvalue weighted by molar-refractivity contribution is -0.126. The predicted octanol–water partition coefficient (Wildman–Crippen LogP) is 4.16. The Balaban J connectivity index is 2.62. The van der Waals surface area contributed by atoms with Crippen molar-refractivity contribution in [2.24, 2.45) is 0 Å². The first-order valence-electron chi connectivity index (χ1n) is 7.55. The molecule has 0 aliphatic heterocycles. The van der Waals surface area contributed by atoms with Crippen molar-refractivity contribution in [3.05, 3.63) is 72.4 Å². The number of carbonyl (C=O) groups is 1. The molecule has 0 fully saturated rings. The molecule has 0 aromatic heterocycles. The van der Waals surface area contributed by atoms with E-state index in [0.717, 1.165) is 25.9 Å². The molecule has 21 heavy (non-hydrogen) atoms. The molecule has 0 atom stereocenters. The highest BCUT2D eigenvalue weighted by Crippen LogP contribution is 2.07. The second kappa shape index (κ2) is 9.76. The average Bonchev–Trinajstić information content (AvgIpc) is 2.52. The van der Waals surface area contributed by atoms with Gasteiger partial charge in [-0.05, 0) is 32.3 Å². The van der Waals surface area contributed by atoms with Gasteiger partial charge in [-0.1, -0.05) is 61.2 Å². The molecule has 0 heterocycles. The van der Waals surface area contributed by atoms with Gasteiger partial charge in [0.1, 0.15) is 0 Å². The standard InChI is InChI=1S/C19H25NO/c1-4-12-18(19(21)20(5-2)6-3)16-11-10-15-17-13-8-7-9-14-17/h4,7-9,11-14,16H,1,5-6,10,15H2,2-3H3/b16-11-,18-12+. The van der Waals surface area contributed by atoms with E-state index in [1.165, 1.54) is 5.56 Å². The van der Waals surface area contributed by atoms with Crippen LogP contribution in [0.1, 0.15) is 25.8 Å². The van der Waals surface area contributed by atoms with Crippen LogP contribution in [-0.2, 0) is 11.2 Å². The molecule has 0 saturated heterocycles. The molecule has 2 nitrogen and oxygen atoms in total. The third-order valence-corrected chi connectivity index (χ3v) is 3.33. The molecule has 0 unspecified atom stereocenters. The number of hydrogen-bond acceptors (Lipinski definition) is 1. The third kappa shape index (κ3) is 5.82. The van der Waals surface area contributed by atoms with E-state index in [1.807, 2.05) is 43.0 Å². The molecule has 0 aliphatic carbocycles. The Kier molecular flexibility index (Phi) is 7.88. The molecule has 0 aliphatic rings. The van der Waals surface area contributed by atoms with Gasteiger partial charge in [0.2, 0.25) is 0 Å². The summed E-state index contributed by atoms with van der Waals surface area (Å²) in [5.41, 5.74) is 2.01. The van der Waals surface area contributed by atoms with Crippen molar-refractivity contribution >= 4 is 5.91 Å². The highest BCUT2D eigenvalue weighted by molar-refractivity contribution is 5.96. The molecule has 1 amide bonds. The molecule has 112 valence electrons. The molecular formula is C19H25NO. The van der Waals surface area contributed by atoms with E-state index in [9.17, 15) is 4.79 Å². The fraction of sp³-hybridized carbons (Fsp3) is 0.316. The second-order valence-electron chi connectivity index (χ2n) is 4.76. The number of allylic oxidation sites excluding steroid dienone is 3. The monoisotopic (exact) mass is 283 g/mol. The van der Waals surface area contributed by atoms with Crippen LogP contribution < -0.4 is 0 Å². The molecule has 0 bridgehead atoms. The van der Waals surface area contributed by atoms with E-state index in [1.54, 1.807) is 12.2 Å². The maximum atomic E-state index is 12.3. The highest BCUT2D eigenvalue weighted by Gasteiger charge is 2.12. The molecule has 1 aromatic rings. The van der Waals surface area contributed by atoms with E-state index in [4.69, 9.17) is 0 Å². The zero-order valence-corrected chi connectivity index (χ0v) is 13.1. The van der Waals surface area contributed by atoms with E-state index in [0.29, 0.717) is 5.57 Å². The van der Waals surface area contributed by atoms with Crippen LogP contribution in [0.15, 0.2) is 66.8 Å². The predicted molar refractivity (Wildman–Crippen MR) is 90.1 cm³/mol. The molecule has 1 aromatic carbocycles. The van der Waals surface area contributed by atoms with Gasteiger partial charge in [0.05, 0.1) is 0 Å². The van der Waals surface area contributed by atoms with Gasteiger partial charge in [0, 0.05) is 18.7 Å². The number of hydrogen-bond donors (Lipinski definition) is 0. The highest BCUT2D eigenvalue weighted by atomic mass is 16.2. The fourth-order valence-electron chi connectivity index (χ4n) is 2.12. The summed E-state index contributed by atoms with van der Waals surface area (Å²) in [4.78, 5) is 14.1. The van der Waals surface area contributed by atoms with Gasteiger partial charge >= 0.3 is 0 Å². The van der Waals surface area contributed by atoms with E-state index < -0.39 is 0 Å². The van der Waals surface area contributed by atoms with Gasteiger partial charge in [0.15, 0.2) is 0 Å². The van der Waals surface area contributed by atoms with Crippen LogP contribution in [0.25, 0.3) is 0 Å². The summed E-state index contributed by atoms with van der Waals surface area (Å²) < 4.78 is 0. The smallest absolute Gasteiger partial charge is 0.253 e. The minimum Gasteiger partial charge on any atom is -0.339 e. The maximum Gasteiger partial charge on any atom is 0.253 e. The van der Waals surface area contributed by atoms with Crippen LogP contribution in [0.3, 0.4) is 0 Å². The van der Waals surface area contributed by atoms with Crippen LogP contribution in [0.2, 0.25) is 0 Å². The van der Waals surface area contributed by atoms with Gasteiger partial charge in [-0.25, -0.2) is 0 Å². The molecule has 1 rings (SSSR count). The van der Waals surface area contributed by atoms with Gasteiger partial charge < -0.3 is 4.90 Å². The molecule has 0 N–H and O–H groups in total. The summed E-state index contributed by atoms with van der Waals surface area (Å²) in [6, 6.07) is 10.4. The summed E-state index contributed by atoms with van der Waals surface area (Å²) in [6.07, 6.45) is 9.31. The molecule has 0 radical (unpaired) electrons. The lowest BCUT2D eigenvalue weighted by Gasteiger charge is -2.18. The Morgan fingerprint density at radius 2 is 1.86 bits per heavy atom. The normalized spacial score (nSPS) is 11.6. The number of aryl methyl sites for hydroxylation is 1. The van der Waals surface area contributed by atoms with E-state index >= 15 is 0 Å². The topological polar surface area (TPSA) is 20.3 Å². The molecule has 2 heteroatoms. The third-order valence-electron chi connectivity index (χ3n) is 3.33. The van der Waals surface area contributed by atoms with Gasteiger partial charge in [0.25, 0.3) is 5.91 Å². The zero-order chi connectivity index (χ0) is 15.5. The van der Waals surface area contributed by atoms with Gasteiger partial charge in [-0.2, -0.15) is 0 Å². The van der Waals surface area contributed by atoms with Crippen LogP contribution >= 0.6 is 0 Å². The van der Waals surface area contributed by atoms with Gasteiger partial charge in [-0.15, -0.1) is 0 Å². The summed E-state index contributed by atoms with van der Waals surface area (Å²) in [5.74, 6) is 0.0656.